The highest BCUT2D eigenvalue weighted by Gasteiger charge is 2.17. The summed E-state index contributed by atoms with van der Waals surface area (Å²) in [6, 6.07) is 12.0. The van der Waals surface area contributed by atoms with Gasteiger partial charge in [-0.25, -0.2) is 4.98 Å². The van der Waals surface area contributed by atoms with Crippen molar-refractivity contribution in [3.05, 3.63) is 77.1 Å². The number of nitrogens with one attached hydrogen (secondary N) is 1. The highest BCUT2D eigenvalue weighted by Crippen LogP contribution is 2.26. The van der Waals surface area contributed by atoms with E-state index in [1.807, 2.05) is 28.8 Å². The Morgan fingerprint density at radius 3 is 2.60 bits per heavy atom. The molecule has 126 valence electrons. The number of aromatic nitrogens is 3. The summed E-state index contributed by atoms with van der Waals surface area (Å²) in [5.74, 6) is 0.812. The molecule has 3 heterocycles. The van der Waals surface area contributed by atoms with E-state index in [9.17, 15) is 0 Å². The molecule has 0 fully saturated rings. The van der Waals surface area contributed by atoms with Crippen LogP contribution in [0.2, 0.25) is 0 Å². The predicted molar refractivity (Wildman–Crippen MR) is 96.9 cm³/mol. The molecule has 0 aliphatic rings. The number of nitrogens with zero attached hydrogens (tertiary/aromatic N) is 3. The van der Waals surface area contributed by atoms with Gasteiger partial charge in [-0.1, -0.05) is 18.2 Å². The minimum Gasteiger partial charge on any atom is -0.467 e. The second-order valence-electron chi connectivity index (χ2n) is 6.33. The zero-order valence-electron chi connectivity index (χ0n) is 14.6. The van der Waals surface area contributed by atoms with Crippen molar-refractivity contribution in [1.82, 2.24) is 14.1 Å². The predicted octanol–water partition coefficient (Wildman–Crippen LogP) is 3.87. The van der Waals surface area contributed by atoms with Crippen LogP contribution in [0.25, 0.3) is 16.7 Å². The number of furan rings is 1. The molecular formula is C20H20N4O. The monoisotopic (exact) mass is 332 g/mol. The van der Waals surface area contributed by atoms with E-state index in [-0.39, 0.29) is 0 Å². The lowest BCUT2D eigenvalue weighted by Gasteiger charge is -2.11. The quantitative estimate of drug-likeness (QED) is 0.619. The molecule has 0 amide bonds. The highest BCUT2D eigenvalue weighted by molar-refractivity contribution is 5.82. The lowest BCUT2D eigenvalue weighted by molar-refractivity contribution is 0.486. The number of para-hydroxylation sites is 1. The van der Waals surface area contributed by atoms with Gasteiger partial charge in [0.2, 0.25) is 0 Å². The molecule has 25 heavy (non-hydrogen) atoms. The van der Waals surface area contributed by atoms with E-state index in [2.05, 4.69) is 42.5 Å². The summed E-state index contributed by atoms with van der Waals surface area (Å²) in [4.78, 5) is 4.69. The molecule has 4 aromatic rings. The maximum atomic E-state index is 8.68. The average Bonchev–Trinajstić information content (AvgIpc) is 3.19. The largest absolute Gasteiger partial charge is 0.467 e. The van der Waals surface area contributed by atoms with Crippen LogP contribution in [0.3, 0.4) is 0 Å². The fourth-order valence-corrected chi connectivity index (χ4v) is 3.32. The van der Waals surface area contributed by atoms with Gasteiger partial charge in [-0.15, -0.1) is 0 Å². The Labute approximate surface area is 145 Å². The van der Waals surface area contributed by atoms with E-state index in [0.29, 0.717) is 12.0 Å². The smallest absolute Gasteiger partial charge is 0.150 e. The molecule has 0 aliphatic carbocycles. The summed E-state index contributed by atoms with van der Waals surface area (Å²) < 4.78 is 9.37. The maximum Gasteiger partial charge on any atom is 0.150 e. The normalized spacial score (nSPS) is 11.3. The van der Waals surface area contributed by atoms with Crippen molar-refractivity contribution in [1.29, 1.82) is 5.41 Å². The van der Waals surface area contributed by atoms with Crippen molar-refractivity contribution in [2.24, 2.45) is 0 Å². The van der Waals surface area contributed by atoms with Gasteiger partial charge in [0.05, 0.1) is 30.2 Å². The summed E-state index contributed by atoms with van der Waals surface area (Å²) in [7, 11) is 0. The summed E-state index contributed by atoms with van der Waals surface area (Å²) in [6.45, 7) is 6.74. The van der Waals surface area contributed by atoms with Gasteiger partial charge in [0.1, 0.15) is 16.9 Å². The van der Waals surface area contributed by atoms with Gasteiger partial charge in [-0.2, -0.15) is 0 Å². The first kappa shape index (κ1) is 15.4. The number of aryl methyl sites for hydroxylation is 2. The van der Waals surface area contributed by atoms with Crippen LogP contribution >= 0.6 is 0 Å². The van der Waals surface area contributed by atoms with Gasteiger partial charge < -0.3 is 8.98 Å². The van der Waals surface area contributed by atoms with Crippen LogP contribution in [0.1, 0.15) is 22.6 Å². The van der Waals surface area contributed by atoms with Crippen LogP contribution in [-0.2, 0) is 6.54 Å². The molecule has 5 heteroatoms. The van der Waals surface area contributed by atoms with Gasteiger partial charge >= 0.3 is 0 Å². The minimum atomic E-state index is 0.453. The first-order chi connectivity index (χ1) is 12.1. The fraction of sp³-hybridized carbons (Fsp3) is 0.200. The maximum absolute atomic E-state index is 8.68. The molecule has 4 rings (SSSR count). The molecule has 0 saturated heterocycles. The zero-order chi connectivity index (χ0) is 17.6. The van der Waals surface area contributed by atoms with Crippen LogP contribution in [0, 0.1) is 26.2 Å². The van der Waals surface area contributed by atoms with Crippen LogP contribution in [0.4, 0.5) is 0 Å². The third-order valence-electron chi connectivity index (χ3n) is 4.79. The number of hydrogen-bond donors (Lipinski definition) is 1. The van der Waals surface area contributed by atoms with E-state index in [4.69, 9.17) is 9.83 Å². The standard InChI is InChI=1S/C20H20N4O/c1-13-7-4-5-9-17(13)24-15(3)14(2)18-19(21)23(12-22-20(18)24)11-16-8-6-10-25-16/h4-10,12,21H,11H2,1-3H3. The van der Waals surface area contributed by atoms with Crippen molar-refractivity contribution in [3.63, 3.8) is 0 Å². The molecule has 0 atom stereocenters. The van der Waals surface area contributed by atoms with Crippen LogP contribution < -0.4 is 5.49 Å². The second-order valence-corrected chi connectivity index (χ2v) is 6.33. The van der Waals surface area contributed by atoms with Crippen molar-refractivity contribution >= 4 is 11.0 Å². The van der Waals surface area contributed by atoms with Crippen LogP contribution in [-0.4, -0.2) is 14.1 Å². The first-order valence-corrected chi connectivity index (χ1v) is 8.28. The molecule has 0 aliphatic heterocycles. The summed E-state index contributed by atoms with van der Waals surface area (Å²) in [6.07, 6.45) is 3.37. The highest BCUT2D eigenvalue weighted by atomic mass is 16.3. The molecule has 0 unspecified atom stereocenters. The van der Waals surface area contributed by atoms with Crippen LogP contribution in [0.5, 0.6) is 0 Å². The topological polar surface area (TPSA) is 59.7 Å². The van der Waals surface area contributed by atoms with Gasteiger partial charge in [0.25, 0.3) is 0 Å². The molecular weight excluding hydrogens is 312 g/mol. The molecule has 0 radical (unpaired) electrons. The third kappa shape index (κ3) is 2.39. The summed E-state index contributed by atoms with van der Waals surface area (Å²) >= 11 is 0. The Balaban J connectivity index is 1.96. The van der Waals surface area contributed by atoms with E-state index in [1.54, 1.807) is 12.6 Å². The van der Waals surface area contributed by atoms with Gasteiger partial charge in [-0.3, -0.25) is 9.98 Å². The van der Waals surface area contributed by atoms with E-state index in [1.165, 1.54) is 5.56 Å². The van der Waals surface area contributed by atoms with Crippen molar-refractivity contribution in [3.8, 4) is 5.69 Å². The third-order valence-corrected chi connectivity index (χ3v) is 4.79. The van der Waals surface area contributed by atoms with E-state index >= 15 is 0 Å². The Kier molecular flexibility index (Phi) is 3.57. The lowest BCUT2D eigenvalue weighted by Crippen LogP contribution is -2.21. The molecule has 0 saturated carbocycles. The van der Waals surface area contributed by atoms with Crippen molar-refractivity contribution < 1.29 is 4.42 Å². The molecule has 5 nitrogen and oxygen atoms in total. The van der Waals surface area contributed by atoms with Gasteiger partial charge in [0.15, 0.2) is 0 Å². The van der Waals surface area contributed by atoms with Gasteiger partial charge in [0, 0.05) is 5.69 Å². The summed E-state index contributed by atoms with van der Waals surface area (Å²) in [5.41, 5.74) is 5.77. The van der Waals surface area contributed by atoms with Gasteiger partial charge in [-0.05, 0) is 50.1 Å². The number of fused-ring (bicyclic) bond motifs is 1. The molecule has 0 bridgehead atoms. The minimum absolute atomic E-state index is 0.453. The Morgan fingerprint density at radius 1 is 1.08 bits per heavy atom. The molecule has 0 spiro atoms. The second kappa shape index (κ2) is 5.77. The molecule has 1 aromatic carbocycles. The lowest BCUT2D eigenvalue weighted by atomic mass is 10.2. The van der Waals surface area contributed by atoms with Crippen molar-refractivity contribution in [2.75, 3.05) is 0 Å². The number of benzene rings is 1. The Morgan fingerprint density at radius 2 is 1.88 bits per heavy atom. The zero-order valence-corrected chi connectivity index (χ0v) is 14.6. The molecule has 1 N–H and O–H groups in total. The molecule has 3 aromatic heterocycles. The number of hydrogen-bond acceptors (Lipinski definition) is 3. The Bertz CT molecular complexity index is 1120. The SMILES string of the molecule is Cc1ccccc1-n1c(C)c(C)c2c(=N)n(Cc3ccco3)cnc21. The summed E-state index contributed by atoms with van der Waals surface area (Å²) in [5, 5.41) is 9.56. The first-order valence-electron chi connectivity index (χ1n) is 8.28. The van der Waals surface area contributed by atoms with E-state index < -0.39 is 0 Å². The Hall–Kier alpha value is -3.08. The van der Waals surface area contributed by atoms with Crippen molar-refractivity contribution in [2.45, 2.75) is 27.3 Å². The average molecular weight is 332 g/mol. The van der Waals surface area contributed by atoms with Crippen LogP contribution in [0.15, 0.2) is 53.4 Å². The number of rotatable bonds is 3. The van der Waals surface area contributed by atoms with E-state index in [0.717, 1.165) is 33.7 Å². The fourth-order valence-electron chi connectivity index (χ4n) is 3.32.